The molecule has 8 nitrogen and oxygen atoms in total. The Kier molecular flexibility index (Phi) is 8.45. The lowest BCUT2D eigenvalue weighted by Gasteiger charge is -2.36. The van der Waals surface area contributed by atoms with E-state index in [1.165, 1.54) is 0 Å². The van der Waals surface area contributed by atoms with Gasteiger partial charge in [-0.15, -0.1) is 0 Å². The number of anilines is 2. The van der Waals surface area contributed by atoms with Crippen LogP contribution in [-0.4, -0.2) is 78.0 Å². The summed E-state index contributed by atoms with van der Waals surface area (Å²) in [5.41, 5.74) is 1.80. The number of hydrogen-bond donors (Lipinski definition) is 1. The first-order chi connectivity index (χ1) is 16.5. The zero-order valence-electron chi connectivity index (χ0n) is 20.0. The summed E-state index contributed by atoms with van der Waals surface area (Å²) in [6.07, 6.45) is 3.80. The molecule has 0 bridgehead atoms. The summed E-state index contributed by atoms with van der Waals surface area (Å²) >= 11 is 6.14. The second kappa shape index (κ2) is 11.7. The summed E-state index contributed by atoms with van der Waals surface area (Å²) in [7, 11) is 0. The first-order valence-corrected chi connectivity index (χ1v) is 12.8. The van der Waals surface area contributed by atoms with E-state index in [9.17, 15) is 9.59 Å². The van der Waals surface area contributed by atoms with Crippen molar-refractivity contribution in [2.24, 2.45) is 0 Å². The van der Waals surface area contributed by atoms with Gasteiger partial charge in [0, 0.05) is 82.1 Å². The quantitative estimate of drug-likeness (QED) is 0.578. The average Bonchev–Trinajstić information content (AvgIpc) is 2.84. The van der Waals surface area contributed by atoms with Gasteiger partial charge in [-0.05, 0) is 24.6 Å². The maximum absolute atomic E-state index is 12.4. The number of hydrogen-bond acceptors (Lipinski definition) is 6. The first-order valence-electron chi connectivity index (χ1n) is 12.4. The lowest BCUT2D eigenvalue weighted by molar-refractivity contribution is -0.131. The van der Waals surface area contributed by atoms with Crippen LogP contribution in [0.3, 0.4) is 0 Å². The second-order valence-electron chi connectivity index (χ2n) is 9.13. The Labute approximate surface area is 206 Å². The largest absolute Gasteiger partial charge is 0.369 e. The molecule has 1 amide bonds. The molecule has 3 heterocycles. The minimum Gasteiger partial charge on any atom is -0.369 e. The van der Waals surface area contributed by atoms with Crippen LogP contribution in [0.2, 0.25) is 5.02 Å². The number of piperazine rings is 2. The predicted octanol–water partition coefficient (Wildman–Crippen LogP) is 2.97. The normalized spacial score (nSPS) is 17.3. The Morgan fingerprint density at radius 1 is 1.00 bits per heavy atom. The van der Waals surface area contributed by atoms with E-state index in [1.807, 2.05) is 23.1 Å². The van der Waals surface area contributed by atoms with E-state index in [0.717, 1.165) is 61.8 Å². The van der Waals surface area contributed by atoms with Gasteiger partial charge in [0.15, 0.2) is 0 Å². The molecule has 2 fully saturated rings. The maximum atomic E-state index is 12.4. The van der Waals surface area contributed by atoms with Gasteiger partial charge in [0.1, 0.15) is 0 Å². The third kappa shape index (κ3) is 6.51. The molecule has 2 aliphatic rings. The molecular weight excluding hydrogens is 452 g/mol. The minimum absolute atomic E-state index is 0.129. The third-order valence-electron chi connectivity index (χ3n) is 6.64. The molecular formula is C25H35ClN6O2. The number of halogens is 1. The Morgan fingerprint density at radius 2 is 1.74 bits per heavy atom. The van der Waals surface area contributed by atoms with Crippen LogP contribution in [0.4, 0.5) is 11.6 Å². The molecule has 34 heavy (non-hydrogen) atoms. The van der Waals surface area contributed by atoms with Gasteiger partial charge in [-0.3, -0.25) is 19.5 Å². The SMILES string of the molecule is CCCCCC(=O)N1CCN(c2nc(CN3CCN(c4cccc(Cl)c4)CC3)cc(=O)[nH]2)CC1. The zero-order chi connectivity index (χ0) is 23.9. The highest BCUT2D eigenvalue weighted by Gasteiger charge is 2.23. The van der Waals surface area contributed by atoms with E-state index in [4.69, 9.17) is 16.6 Å². The highest BCUT2D eigenvalue weighted by Crippen LogP contribution is 2.21. The number of nitrogens with zero attached hydrogens (tertiary/aromatic N) is 5. The van der Waals surface area contributed by atoms with Crippen molar-refractivity contribution < 1.29 is 4.79 Å². The van der Waals surface area contributed by atoms with Crippen LogP contribution in [0.25, 0.3) is 0 Å². The number of aromatic amines is 1. The fourth-order valence-electron chi connectivity index (χ4n) is 4.64. The number of carbonyl (C=O) groups is 1. The number of rotatable bonds is 8. The second-order valence-corrected chi connectivity index (χ2v) is 9.56. The average molecular weight is 487 g/mol. The first kappa shape index (κ1) is 24.5. The summed E-state index contributed by atoms with van der Waals surface area (Å²) < 4.78 is 0. The molecule has 2 saturated heterocycles. The predicted molar refractivity (Wildman–Crippen MR) is 137 cm³/mol. The number of nitrogens with one attached hydrogen (secondary N) is 1. The van der Waals surface area contributed by atoms with Crippen molar-refractivity contribution in [2.75, 3.05) is 62.2 Å². The smallest absolute Gasteiger partial charge is 0.252 e. The van der Waals surface area contributed by atoms with Gasteiger partial charge >= 0.3 is 0 Å². The summed E-state index contributed by atoms with van der Waals surface area (Å²) in [5, 5.41) is 0.752. The Hall–Kier alpha value is -2.58. The van der Waals surface area contributed by atoms with Gasteiger partial charge in [0.25, 0.3) is 5.56 Å². The maximum Gasteiger partial charge on any atom is 0.252 e. The molecule has 1 aromatic carbocycles. The fraction of sp³-hybridized carbons (Fsp3) is 0.560. The van der Waals surface area contributed by atoms with Crippen molar-refractivity contribution in [1.29, 1.82) is 0 Å². The Balaban J connectivity index is 1.30. The summed E-state index contributed by atoms with van der Waals surface area (Å²) in [6.45, 7) is 9.12. The van der Waals surface area contributed by atoms with Gasteiger partial charge in [0.2, 0.25) is 11.9 Å². The summed E-state index contributed by atoms with van der Waals surface area (Å²) in [4.78, 5) is 41.1. The van der Waals surface area contributed by atoms with E-state index in [0.29, 0.717) is 45.1 Å². The van der Waals surface area contributed by atoms with Crippen LogP contribution < -0.4 is 15.4 Å². The highest BCUT2D eigenvalue weighted by molar-refractivity contribution is 6.30. The molecule has 0 saturated carbocycles. The molecule has 2 aromatic rings. The third-order valence-corrected chi connectivity index (χ3v) is 6.87. The lowest BCUT2D eigenvalue weighted by atomic mass is 10.2. The summed E-state index contributed by atoms with van der Waals surface area (Å²) in [5.74, 6) is 0.846. The van der Waals surface area contributed by atoms with Crippen molar-refractivity contribution in [1.82, 2.24) is 19.8 Å². The van der Waals surface area contributed by atoms with Crippen LogP contribution in [0.15, 0.2) is 35.1 Å². The molecule has 1 N–H and O–H groups in total. The van der Waals surface area contributed by atoms with Crippen LogP contribution in [0.5, 0.6) is 0 Å². The van der Waals surface area contributed by atoms with E-state index < -0.39 is 0 Å². The van der Waals surface area contributed by atoms with Crippen molar-refractivity contribution in [2.45, 2.75) is 39.2 Å². The van der Waals surface area contributed by atoms with Gasteiger partial charge < -0.3 is 14.7 Å². The van der Waals surface area contributed by atoms with Crippen molar-refractivity contribution in [3.05, 3.63) is 51.4 Å². The lowest BCUT2D eigenvalue weighted by Crippen LogP contribution is -2.49. The molecule has 0 aliphatic carbocycles. The van der Waals surface area contributed by atoms with E-state index in [1.54, 1.807) is 6.07 Å². The molecule has 2 aliphatic heterocycles. The molecule has 4 rings (SSSR count). The Bertz CT molecular complexity index is 1010. The molecule has 0 atom stereocenters. The number of carbonyl (C=O) groups excluding carboxylic acids is 1. The fourth-order valence-corrected chi connectivity index (χ4v) is 4.83. The number of unbranched alkanes of at least 4 members (excludes halogenated alkanes) is 2. The van der Waals surface area contributed by atoms with Crippen molar-refractivity contribution in [3.63, 3.8) is 0 Å². The molecule has 9 heteroatoms. The van der Waals surface area contributed by atoms with E-state index in [-0.39, 0.29) is 11.5 Å². The van der Waals surface area contributed by atoms with Crippen LogP contribution in [0, 0.1) is 0 Å². The molecule has 1 aromatic heterocycles. The number of benzene rings is 1. The molecule has 184 valence electrons. The molecule has 0 radical (unpaired) electrons. The Morgan fingerprint density at radius 3 is 2.44 bits per heavy atom. The molecule has 0 unspecified atom stereocenters. The van der Waals surface area contributed by atoms with Gasteiger partial charge in [0.05, 0.1) is 5.69 Å². The van der Waals surface area contributed by atoms with Gasteiger partial charge in [-0.1, -0.05) is 37.4 Å². The zero-order valence-corrected chi connectivity index (χ0v) is 20.8. The van der Waals surface area contributed by atoms with Crippen molar-refractivity contribution in [3.8, 4) is 0 Å². The monoisotopic (exact) mass is 486 g/mol. The van der Waals surface area contributed by atoms with E-state index in [2.05, 4.69) is 32.7 Å². The minimum atomic E-state index is -0.129. The number of aromatic nitrogens is 2. The number of amides is 1. The molecule has 0 spiro atoms. The van der Waals surface area contributed by atoms with Gasteiger partial charge in [-0.25, -0.2) is 4.98 Å². The standard InChI is InChI=1S/C25H35ClN6O2/c1-2-3-4-8-24(34)31-13-15-32(16-14-31)25-27-21(18-23(33)28-25)19-29-9-11-30(12-10-29)22-7-5-6-20(26)17-22/h5-7,17-18H,2-4,8-16,19H2,1H3,(H,27,28,33). The van der Waals surface area contributed by atoms with E-state index >= 15 is 0 Å². The number of H-pyrrole nitrogens is 1. The topological polar surface area (TPSA) is 75.8 Å². The van der Waals surface area contributed by atoms with Gasteiger partial charge in [-0.2, -0.15) is 0 Å². The summed E-state index contributed by atoms with van der Waals surface area (Å²) in [6, 6.07) is 9.56. The van der Waals surface area contributed by atoms with Crippen LogP contribution >= 0.6 is 11.6 Å². The van der Waals surface area contributed by atoms with Crippen LogP contribution in [-0.2, 0) is 11.3 Å². The van der Waals surface area contributed by atoms with Crippen LogP contribution in [0.1, 0.15) is 38.3 Å². The highest BCUT2D eigenvalue weighted by atomic mass is 35.5. The van der Waals surface area contributed by atoms with Crippen molar-refractivity contribution >= 4 is 29.1 Å².